The zero-order chi connectivity index (χ0) is 9.84. The molecule has 0 atom stereocenters. The summed E-state index contributed by atoms with van der Waals surface area (Å²) in [6, 6.07) is 5.29. The quantitative estimate of drug-likeness (QED) is 0.691. The Hall–Kier alpha value is -2.09. The van der Waals surface area contributed by atoms with Gasteiger partial charge in [0.05, 0.1) is 5.69 Å². The molecule has 0 aliphatic rings. The van der Waals surface area contributed by atoms with Crippen molar-refractivity contribution in [1.82, 2.24) is 0 Å². The second-order valence-electron chi connectivity index (χ2n) is 2.20. The molecule has 13 heavy (non-hydrogen) atoms. The van der Waals surface area contributed by atoms with Crippen LogP contribution in [0.4, 0.5) is 14.9 Å². The lowest BCUT2D eigenvalue weighted by atomic mass is 10.2. The van der Waals surface area contributed by atoms with Gasteiger partial charge in [0.15, 0.2) is 0 Å². The standard InChI is InChI=1S/C8H5FN2O2/c9-6-2-1-3-7(5(6)4-10)11-8(12)13/h1-3,11H,(H,12,13). The molecule has 5 heteroatoms. The summed E-state index contributed by atoms with van der Waals surface area (Å²) in [5, 5.41) is 18.7. The van der Waals surface area contributed by atoms with Gasteiger partial charge in [-0.3, -0.25) is 5.32 Å². The normalized spacial score (nSPS) is 8.92. The molecule has 0 aliphatic heterocycles. The first kappa shape index (κ1) is 9.00. The average molecular weight is 180 g/mol. The number of nitrogens with one attached hydrogen (secondary N) is 1. The van der Waals surface area contributed by atoms with E-state index >= 15 is 0 Å². The van der Waals surface area contributed by atoms with E-state index in [-0.39, 0.29) is 11.3 Å². The highest BCUT2D eigenvalue weighted by Gasteiger charge is 2.08. The third-order valence-corrected chi connectivity index (χ3v) is 1.37. The third kappa shape index (κ3) is 1.93. The minimum atomic E-state index is -1.33. The highest BCUT2D eigenvalue weighted by molar-refractivity contribution is 5.84. The molecule has 0 radical (unpaired) electrons. The zero-order valence-corrected chi connectivity index (χ0v) is 6.41. The molecular weight excluding hydrogens is 175 g/mol. The van der Waals surface area contributed by atoms with Crippen molar-refractivity contribution in [3.05, 3.63) is 29.6 Å². The average Bonchev–Trinajstić information content (AvgIpc) is 2.03. The van der Waals surface area contributed by atoms with Gasteiger partial charge in [-0.05, 0) is 12.1 Å². The largest absolute Gasteiger partial charge is 0.465 e. The topological polar surface area (TPSA) is 73.1 Å². The summed E-state index contributed by atoms with van der Waals surface area (Å²) in [6.45, 7) is 0. The maximum Gasteiger partial charge on any atom is 0.409 e. The maximum absolute atomic E-state index is 12.8. The van der Waals surface area contributed by atoms with Crippen molar-refractivity contribution >= 4 is 11.8 Å². The van der Waals surface area contributed by atoms with E-state index in [9.17, 15) is 9.18 Å². The van der Waals surface area contributed by atoms with Crippen LogP contribution in [0.2, 0.25) is 0 Å². The molecule has 1 amide bonds. The Morgan fingerprint density at radius 1 is 1.62 bits per heavy atom. The minimum Gasteiger partial charge on any atom is -0.465 e. The van der Waals surface area contributed by atoms with E-state index in [0.717, 1.165) is 6.07 Å². The zero-order valence-electron chi connectivity index (χ0n) is 6.41. The van der Waals surface area contributed by atoms with E-state index in [2.05, 4.69) is 0 Å². The molecule has 0 aromatic heterocycles. The van der Waals surface area contributed by atoms with Crippen LogP contribution in [0.3, 0.4) is 0 Å². The Bertz CT molecular complexity index is 384. The molecule has 0 aliphatic carbocycles. The number of nitrogens with zero attached hydrogens (tertiary/aromatic N) is 1. The van der Waals surface area contributed by atoms with Crippen LogP contribution < -0.4 is 5.32 Å². The predicted octanol–water partition coefficient (Wildman–Crippen LogP) is 1.79. The molecule has 1 rings (SSSR count). The fourth-order valence-electron chi connectivity index (χ4n) is 0.857. The first-order valence-corrected chi connectivity index (χ1v) is 3.33. The van der Waals surface area contributed by atoms with Crippen LogP contribution in [0.25, 0.3) is 0 Å². The van der Waals surface area contributed by atoms with Gasteiger partial charge in [-0.2, -0.15) is 5.26 Å². The molecular formula is C8H5FN2O2. The van der Waals surface area contributed by atoms with Crippen molar-refractivity contribution in [1.29, 1.82) is 5.26 Å². The van der Waals surface area contributed by atoms with E-state index in [1.54, 1.807) is 6.07 Å². The first-order chi connectivity index (χ1) is 6.15. The Morgan fingerprint density at radius 2 is 2.31 bits per heavy atom. The van der Waals surface area contributed by atoms with E-state index in [1.807, 2.05) is 5.32 Å². The van der Waals surface area contributed by atoms with E-state index in [1.165, 1.54) is 12.1 Å². The summed E-state index contributed by atoms with van der Waals surface area (Å²) in [7, 11) is 0. The number of anilines is 1. The first-order valence-electron chi connectivity index (χ1n) is 3.33. The van der Waals surface area contributed by atoms with Crippen LogP contribution in [0, 0.1) is 17.1 Å². The number of carbonyl (C=O) groups is 1. The molecule has 0 fully saturated rings. The van der Waals surface area contributed by atoms with E-state index in [0.29, 0.717) is 0 Å². The van der Waals surface area contributed by atoms with Crippen molar-refractivity contribution in [3.8, 4) is 6.07 Å². The van der Waals surface area contributed by atoms with E-state index < -0.39 is 11.9 Å². The number of halogens is 1. The molecule has 1 aromatic rings. The number of carboxylic acid groups (broad SMARTS) is 1. The number of nitriles is 1. The number of amides is 1. The van der Waals surface area contributed by atoms with Gasteiger partial charge in [0, 0.05) is 0 Å². The van der Waals surface area contributed by atoms with Crippen molar-refractivity contribution in [2.45, 2.75) is 0 Å². The molecule has 1 aromatic carbocycles. The summed E-state index contributed by atoms with van der Waals surface area (Å²) in [6.07, 6.45) is -1.33. The molecule has 0 saturated carbocycles. The van der Waals surface area contributed by atoms with Crippen LogP contribution in [-0.4, -0.2) is 11.2 Å². The number of rotatable bonds is 1. The SMILES string of the molecule is N#Cc1c(F)cccc1NC(=O)O. The van der Waals surface area contributed by atoms with Gasteiger partial charge in [0.1, 0.15) is 17.4 Å². The highest BCUT2D eigenvalue weighted by Crippen LogP contribution is 2.17. The minimum absolute atomic E-state index is 0.0463. The number of benzene rings is 1. The molecule has 0 saturated heterocycles. The molecule has 2 N–H and O–H groups in total. The van der Waals surface area contributed by atoms with E-state index in [4.69, 9.17) is 10.4 Å². The van der Waals surface area contributed by atoms with Crippen LogP contribution in [0.1, 0.15) is 5.56 Å². The summed E-state index contributed by atoms with van der Waals surface area (Å²) in [5.41, 5.74) is -0.347. The van der Waals surface area contributed by atoms with Crippen molar-refractivity contribution in [2.75, 3.05) is 5.32 Å². The second-order valence-corrected chi connectivity index (χ2v) is 2.20. The summed E-state index contributed by atoms with van der Waals surface area (Å²) in [5.74, 6) is -0.742. The van der Waals surface area contributed by atoms with Gasteiger partial charge in [-0.1, -0.05) is 6.07 Å². The number of hydrogen-bond donors (Lipinski definition) is 2. The highest BCUT2D eigenvalue weighted by atomic mass is 19.1. The van der Waals surface area contributed by atoms with Crippen LogP contribution in [0.15, 0.2) is 18.2 Å². The Kier molecular flexibility index (Phi) is 2.45. The van der Waals surface area contributed by atoms with Gasteiger partial charge in [0.2, 0.25) is 0 Å². The van der Waals surface area contributed by atoms with Crippen molar-refractivity contribution < 1.29 is 14.3 Å². The number of hydrogen-bond acceptors (Lipinski definition) is 2. The summed E-state index contributed by atoms with van der Waals surface area (Å²) in [4.78, 5) is 10.2. The van der Waals surface area contributed by atoms with Crippen LogP contribution in [0.5, 0.6) is 0 Å². The van der Waals surface area contributed by atoms with Gasteiger partial charge < -0.3 is 5.11 Å². The molecule has 4 nitrogen and oxygen atoms in total. The van der Waals surface area contributed by atoms with Gasteiger partial charge >= 0.3 is 6.09 Å². The lowest BCUT2D eigenvalue weighted by Crippen LogP contribution is -2.09. The lowest BCUT2D eigenvalue weighted by Gasteiger charge is -2.02. The lowest BCUT2D eigenvalue weighted by molar-refractivity contribution is 0.209. The third-order valence-electron chi connectivity index (χ3n) is 1.37. The summed E-state index contributed by atoms with van der Waals surface area (Å²) >= 11 is 0. The van der Waals surface area contributed by atoms with Gasteiger partial charge in [-0.15, -0.1) is 0 Å². The fourth-order valence-corrected chi connectivity index (χ4v) is 0.857. The molecule has 0 spiro atoms. The summed E-state index contributed by atoms with van der Waals surface area (Å²) < 4.78 is 12.8. The van der Waals surface area contributed by atoms with Crippen LogP contribution >= 0.6 is 0 Å². The fraction of sp³-hybridized carbons (Fsp3) is 0. The van der Waals surface area contributed by atoms with Crippen LogP contribution in [-0.2, 0) is 0 Å². The molecule has 0 heterocycles. The smallest absolute Gasteiger partial charge is 0.409 e. The van der Waals surface area contributed by atoms with Gasteiger partial charge in [-0.25, -0.2) is 9.18 Å². The van der Waals surface area contributed by atoms with Crippen molar-refractivity contribution in [2.24, 2.45) is 0 Å². The Balaban J connectivity index is 3.14. The monoisotopic (exact) mass is 180 g/mol. The van der Waals surface area contributed by atoms with Crippen molar-refractivity contribution in [3.63, 3.8) is 0 Å². The Labute approximate surface area is 73.2 Å². The molecule has 66 valence electrons. The molecule has 0 unspecified atom stereocenters. The Morgan fingerprint density at radius 3 is 2.85 bits per heavy atom. The van der Waals surface area contributed by atoms with Gasteiger partial charge in [0.25, 0.3) is 0 Å². The maximum atomic E-state index is 12.8. The molecule has 0 bridgehead atoms. The predicted molar refractivity (Wildman–Crippen MR) is 42.8 cm³/mol. The second kappa shape index (κ2) is 3.54.